The van der Waals surface area contributed by atoms with E-state index >= 15 is 0 Å². The van der Waals surface area contributed by atoms with Crippen molar-refractivity contribution in [2.24, 2.45) is 5.92 Å². The van der Waals surface area contributed by atoms with E-state index in [0.29, 0.717) is 19.6 Å². The van der Waals surface area contributed by atoms with E-state index in [9.17, 15) is 13.2 Å². The topological polar surface area (TPSA) is 88.6 Å². The Morgan fingerprint density at radius 1 is 1.29 bits per heavy atom. The summed E-state index contributed by atoms with van der Waals surface area (Å²) >= 11 is 1.70. The third-order valence-corrected chi connectivity index (χ3v) is 7.97. The van der Waals surface area contributed by atoms with Crippen molar-refractivity contribution < 1.29 is 17.9 Å². The minimum atomic E-state index is -3.32. The molecule has 2 atom stereocenters. The van der Waals surface area contributed by atoms with Crippen LogP contribution in [0, 0.1) is 5.92 Å². The van der Waals surface area contributed by atoms with E-state index in [1.807, 2.05) is 18.2 Å². The molecule has 9 heteroatoms. The summed E-state index contributed by atoms with van der Waals surface area (Å²) < 4.78 is 32.0. The summed E-state index contributed by atoms with van der Waals surface area (Å²) in [6, 6.07) is 7.84. The molecule has 1 amide bonds. The van der Waals surface area contributed by atoms with E-state index in [1.165, 1.54) is 23.1 Å². The molecule has 0 radical (unpaired) electrons. The lowest BCUT2D eigenvalue weighted by atomic mass is 10.1. The van der Waals surface area contributed by atoms with Crippen molar-refractivity contribution in [3.63, 3.8) is 0 Å². The zero-order valence-corrected chi connectivity index (χ0v) is 17.9. The molecule has 1 aliphatic rings. The second-order valence-electron chi connectivity index (χ2n) is 7.31. The summed E-state index contributed by atoms with van der Waals surface area (Å²) in [5.74, 6) is -0.270. The number of para-hydroxylation sites is 1. The molecule has 2 aromatic rings. The van der Waals surface area contributed by atoms with E-state index in [2.05, 4.69) is 16.4 Å². The molecule has 1 aromatic heterocycles. The molecule has 3 rings (SSSR count). The molecule has 1 fully saturated rings. The van der Waals surface area contributed by atoms with Crippen LogP contribution in [0.2, 0.25) is 0 Å². The van der Waals surface area contributed by atoms with Crippen molar-refractivity contribution in [1.82, 2.24) is 14.6 Å². The first kappa shape index (κ1) is 21.2. The number of amides is 1. The Hall–Kier alpha value is -1.55. The molecule has 154 valence electrons. The van der Waals surface area contributed by atoms with Gasteiger partial charge < -0.3 is 10.1 Å². The van der Waals surface area contributed by atoms with Crippen molar-refractivity contribution >= 4 is 37.5 Å². The Bertz CT molecular complexity index is 878. The number of thiazole rings is 1. The highest BCUT2D eigenvalue weighted by Gasteiger charge is 2.33. The van der Waals surface area contributed by atoms with Crippen LogP contribution in [0.25, 0.3) is 10.2 Å². The van der Waals surface area contributed by atoms with Crippen molar-refractivity contribution in [1.29, 1.82) is 0 Å². The number of rotatable bonds is 9. The molecule has 0 unspecified atom stereocenters. The minimum absolute atomic E-state index is 0.0114. The van der Waals surface area contributed by atoms with Crippen LogP contribution in [-0.2, 0) is 26.0 Å². The molecule has 1 aliphatic heterocycles. The number of carbonyl (C=O) groups excluding carboxylic acids is 1. The highest BCUT2D eigenvalue weighted by atomic mass is 32.2. The van der Waals surface area contributed by atoms with E-state index in [4.69, 9.17) is 4.74 Å². The molecule has 28 heavy (non-hydrogen) atoms. The fraction of sp³-hybridized carbons (Fsp3) is 0.579. The van der Waals surface area contributed by atoms with Crippen LogP contribution in [0.15, 0.2) is 24.3 Å². The fourth-order valence-corrected chi connectivity index (χ4v) is 5.39. The highest BCUT2D eigenvalue weighted by molar-refractivity contribution is 7.89. The van der Waals surface area contributed by atoms with Crippen molar-refractivity contribution in [2.45, 2.75) is 31.7 Å². The predicted octanol–water partition coefficient (Wildman–Crippen LogP) is 2.03. The summed E-state index contributed by atoms with van der Waals surface area (Å²) in [5.41, 5.74) is 1.03. The van der Waals surface area contributed by atoms with Gasteiger partial charge in [0.15, 0.2) is 0 Å². The van der Waals surface area contributed by atoms with Crippen LogP contribution < -0.4 is 5.32 Å². The Labute approximate surface area is 170 Å². The van der Waals surface area contributed by atoms with E-state index in [-0.39, 0.29) is 23.6 Å². The maximum atomic E-state index is 12.3. The lowest BCUT2D eigenvalue weighted by Gasteiger charge is -2.21. The molecular formula is C19H27N3O4S2. The Morgan fingerprint density at radius 2 is 2.07 bits per heavy atom. The zero-order valence-electron chi connectivity index (χ0n) is 16.3. The standard InChI is InChI=1S/C19H27N3O4S2/c1-22(2)28(24,25)13-14-11-26-12-16(14)20-18(23)9-5-6-10-19-21-15-7-3-4-8-17(15)27-19/h3-4,7-8,14,16H,5-6,9-13H2,1-2H3,(H,20,23)/t14-,16-/m0/s1. The summed E-state index contributed by atoms with van der Waals surface area (Å²) in [6.45, 7) is 0.723. The number of sulfonamides is 1. The third-order valence-electron chi connectivity index (χ3n) is 4.91. The van der Waals surface area contributed by atoms with Gasteiger partial charge in [-0.3, -0.25) is 4.79 Å². The van der Waals surface area contributed by atoms with Gasteiger partial charge in [0, 0.05) is 26.4 Å². The Kier molecular flexibility index (Phi) is 7.03. The number of nitrogens with zero attached hydrogens (tertiary/aromatic N) is 2. The van der Waals surface area contributed by atoms with Crippen molar-refractivity contribution in [3.8, 4) is 0 Å². The second kappa shape index (κ2) is 9.30. The van der Waals surface area contributed by atoms with Crippen LogP contribution >= 0.6 is 11.3 Å². The van der Waals surface area contributed by atoms with Gasteiger partial charge in [-0.25, -0.2) is 17.7 Å². The van der Waals surface area contributed by atoms with Gasteiger partial charge in [-0.05, 0) is 31.4 Å². The monoisotopic (exact) mass is 425 g/mol. The van der Waals surface area contributed by atoms with Crippen LogP contribution in [0.3, 0.4) is 0 Å². The van der Waals surface area contributed by atoms with E-state index in [0.717, 1.165) is 29.8 Å². The summed E-state index contributed by atoms with van der Waals surface area (Å²) in [6.07, 6.45) is 2.96. The van der Waals surface area contributed by atoms with Crippen LogP contribution in [0.1, 0.15) is 24.3 Å². The average Bonchev–Trinajstić information content (AvgIpc) is 3.24. The maximum Gasteiger partial charge on any atom is 0.220 e. The number of carbonyl (C=O) groups is 1. The number of nitrogens with one attached hydrogen (secondary N) is 1. The molecule has 2 heterocycles. The fourth-order valence-electron chi connectivity index (χ4n) is 3.21. The van der Waals surface area contributed by atoms with Gasteiger partial charge in [0.25, 0.3) is 0 Å². The first-order valence-corrected chi connectivity index (χ1v) is 11.9. The normalized spacial score (nSPS) is 20.1. The van der Waals surface area contributed by atoms with Crippen molar-refractivity contribution in [2.75, 3.05) is 33.1 Å². The van der Waals surface area contributed by atoms with E-state index in [1.54, 1.807) is 11.3 Å². The number of aryl methyl sites for hydroxylation is 1. The number of benzene rings is 1. The number of aromatic nitrogens is 1. The predicted molar refractivity (Wildman–Crippen MR) is 111 cm³/mol. The average molecular weight is 426 g/mol. The number of ether oxygens (including phenoxy) is 1. The number of unbranched alkanes of at least 4 members (excludes halogenated alkanes) is 1. The molecule has 0 aliphatic carbocycles. The minimum Gasteiger partial charge on any atom is -0.379 e. The Morgan fingerprint density at radius 3 is 2.82 bits per heavy atom. The SMILES string of the molecule is CN(C)S(=O)(=O)C[C@@H]1COC[C@@H]1NC(=O)CCCCc1nc2ccccc2s1. The first-order chi connectivity index (χ1) is 13.3. The third kappa shape index (κ3) is 5.50. The summed E-state index contributed by atoms with van der Waals surface area (Å²) in [4.78, 5) is 16.9. The van der Waals surface area contributed by atoms with Gasteiger partial charge in [-0.2, -0.15) is 0 Å². The smallest absolute Gasteiger partial charge is 0.220 e. The van der Waals surface area contributed by atoms with Gasteiger partial charge in [0.1, 0.15) is 0 Å². The molecule has 0 spiro atoms. The molecule has 0 saturated carbocycles. The molecule has 7 nitrogen and oxygen atoms in total. The summed E-state index contributed by atoms with van der Waals surface area (Å²) in [5, 5.41) is 4.05. The van der Waals surface area contributed by atoms with Gasteiger partial charge in [-0.15, -0.1) is 11.3 Å². The van der Waals surface area contributed by atoms with Gasteiger partial charge in [-0.1, -0.05) is 12.1 Å². The lowest BCUT2D eigenvalue weighted by Crippen LogP contribution is -2.43. The van der Waals surface area contributed by atoms with Gasteiger partial charge in [0.05, 0.1) is 40.2 Å². The summed E-state index contributed by atoms with van der Waals surface area (Å²) in [7, 11) is -0.281. The van der Waals surface area contributed by atoms with Crippen LogP contribution in [0.4, 0.5) is 0 Å². The maximum absolute atomic E-state index is 12.3. The zero-order chi connectivity index (χ0) is 20.1. The Balaban J connectivity index is 1.41. The molecule has 1 N–H and O–H groups in total. The lowest BCUT2D eigenvalue weighted by molar-refractivity contribution is -0.122. The first-order valence-electron chi connectivity index (χ1n) is 9.47. The van der Waals surface area contributed by atoms with Crippen LogP contribution in [-0.4, -0.2) is 62.7 Å². The molecule has 1 saturated heterocycles. The van der Waals surface area contributed by atoms with Crippen LogP contribution in [0.5, 0.6) is 0 Å². The van der Waals surface area contributed by atoms with E-state index < -0.39 is 10.0 Å². The van der Waals surface area contributed by atoms with Gasteiger partial charge in [0.2, 0.25) is 15.9 Å². The number of hydrogen-bond acceptors (Lipinski definition) is 6. The number of hydrogen-bond donors (Lipinski definition) is 1. The van der Waals surface area contributed by atoms with Crippen molar-refractivity contribution in [3.05, 3.63) is 29.3 Å². The molecular weight excluding hydrogens is 398 g/mol. The number of fused-ring (bicyclic) bond motifs is 1. The second-order valence-corrected chi connectivity index (χ2v) is 10.7. The van der Waals surface area contributed by atoms with Gasteiger partial charge >= 0.3 is 0 Å². The molecule has 0 bridgehead atoms. The quantitative estimate of drug-likeness (QED) is 0.621. The molecule has 1 aromatic carbocycles. The largest absolute Gasteiger partial charge is 0.379 e. The highest BCUT2D eigenvalue weighted by Crippen LogP contribution is 2.23.